The number of nitrogens with one attached hydrogen (secondary N) is 1. The lowest BCUT2D eigenvalue weighted by Crippen LogP contribution is -2.49. The first kappa shape index (κ1) is 21.1. The first-order valence-corrected chi connectivity index (χ1v) is 9.41. The molecule has 1 aliphatic heterocycles. The van der Waals surface area contributed by atoms with Gasteiger partial charge >= 0.3 is 0 Å². The van der Waals surface area contributed by atoms with Gasteiger partial charge < -0.3 is 19.4 Å². The summed E-state index contributed by atoms with van der Waals surface area (Å²) in [4.78, 5) is 19.8. The predicted octanol–water partition coefficient (Wildman–Crippen LogP) is 3.18. The number of rotatable bonds is 3. The van der Waals surface area contributed by atoms with Gasteiger partial charge in [0.2, 0.25) is 0 Å². The van der Waals surface area contributed by atoms with E-state index >= 15 is 0 Å². The maximum Gasteiger partial charge on any atom is 0.256 e. The molecule has 1 N–H and O–H groups in total. The van der Waals surface area contributed by atoms with Gasteiger partial charge in [-0.2, -0.15) is 0 Å². The summed E-state index contributed by atoms with van der Waals surface area (Å²) in [7, 11) is 1.94. The molecule has 1 aliphatic rings. The molecule has 154 valence electrons. The van der Waals surface area contributed by atoms with Gasteiger partial charge in [-0.1, -0.05) is 0 Å². The van der Waals surface area contributed by atoms with Gasteiger partial charge in [0.15, 0.2) is 0 Å². The monoisotopic (exact) mass is 417 g/mol. The number of aryl methyl sites for hydroxylation is 2. The van der Waals surface area contributed by atoms with Crippen molar-refractivity contribution in [2.24, 2.45) is 7.05 Å². The fourth-order valence-electron chi connectivity index (χ4n) is 4.00. The molecule has 1 saturated heterocycles. The third-order valence-electron chi connectivity index (χ3n) is 5.41. The Morgan fingerprint density at radius 1 is 1.24 bits per heavy atom. The van der Waals surface area contributed by atoms with E-state index in [2.05, 4.69) is 10.3 Å². The highest BCUT2D eigenvalue weighted by atomic mass is 35.5. The molecule has 0 radical (unpaired) electrons. The van der Waals surface area contributed by atoms with Crippen LogP contribution in [0.25, 0.3) is 5.69 Å². The number of benzene rings is 1. The van der Waals surface area contributed by atoms with Crippen molar-refractivity contribution in [2.45, 2.75) is 19.9 Å². The van der Waals surface area contributed by atoms with Gasteiger partial charge in [0, 0.05) is 56.2 Å². The Kier molecular flexibility index (Phi) is 6.10. The van der Waals surface area contributed by atoms with Crippen LogP contribution in [0.15, 0.2) is 42.7 Å². The molecule has 0 aliphatic carbocycles. The van der Waals surface area contributed by atoms with Gasteiger partial charge in [-0.25, -0.2) is 9.37 Å². The van der Waals surface area contributed by atoms with E-state index in [1.807, 2.05) is 47.2 Å². The van der Waals surface area contributed by atoms with Crippen LogP contribution >= 0.6 is 12.4 Å². The fraction of sp³-hybridized carbons (Fsp3) is 0.333. The number of carbonyl (C=O) groups excluding carboxylic acids is 1. The van der Waals surface area contributed by atoms with Gasteiger partial charge in [-0.3, -0.25) is 4.79 Å². The van der Waals surface area contributed by atoms with Crippen LogP contribution in [0.1, 0.15) is 33.6 Å². The van der Waals surface area contributed by atoms with Crippen molar-refractivity contribution in [3.8, 4) is 5.69 Å². The van der Waals surface area contributed by atoms with E-state index < -0.39 is 0 Å². The van der Waals surface area contributed by atoms with Crippen molar-refractivity contribution >= 4 is 18.3 Å². The third-order valence-corrected chi connectivity index (χ3v) is 5.41. The largest absolute Gasteiger partial charge is 0.336 e. The SMILES string of the molecule is Cc1cc(C(=O)N2CCNCC2c2nccn2C)c(C)n1-c1ccc(F)cc1.Cl. The summed E-state index contributed by atoms with van der Waals surface area (Å²) in [5.74, 6) is 0.588. The minimum absolute atomic E-state index is 0. The van der Waals surface area contributed by atoms with Gasteiger partial charge in [-0.15, -0.1) is 12.4 Å². The van der Waals surface area contributed by atoms with E-state index in [1.165, 1.54) is 12.1 Å². The number of imidazole rings is 1. The summed E-state index contributed by atoms with van der Waals surface area (Å²) >= 11 is 0. The number of carbonyl (C=O) groups is 1. The van der Waals surface area contributed by atoms with Crippen molar-refractivity contribution < 1.29 is 9.18 Å². The molecule has 0 saturated carbocycles. The molecule has 0 spiro atoms. The molecule has 1 amide bonds. The van der Waals surface area contributed by atoms with Crippen molar-refractivity contribution in [3.05, 3.63) is 71.3 Å². The van der Waals surface area contributed by atoms with Crippen LogP contribution in [0.3, 0.4) is 0 Å². The molecule has 1 atom stereocenters. The highest BCUT2D eigenvalue weighted by Gasteiger charge is 2.32. The van der Waals surface area contributed by atoms with E-state index in [9.17, 15) is 9.18 Å². The second kappa shape index (κ2) is 8.39. The third kappa shape index (κ3) is 3.80. The Hall–Kier alpha value is -2.64. The van der Waals surface area contributed by atoms with Crippen LogP contribution < -0.4 is 5.32 Å². The average molecular weight is 418 g/mol. The van der Waals surface area contributed by atoms with E-state index in [0.29, 0.717) is 18.7 Å². The summed E-state index contributed by atoms with van der Waals surface area (Å²) in [6.07, 6.45) is 3.65. The molecular weight excluding hydrogens is 393 g/mol. The molecule has 1 aromatic carbocycles. The zero-order valence-electron chi connectivity index (χ0n) is 16.7. The average Bonchev–Trinajstić information content (AvgIpc) is 3.25. The Labute approximate surface area is 175 Å². The highest BCUT2D eigenvalue weighted by Crippen LogP contribution is 2.27. The van der Waals surface area contributed by atoms with Crippen LogP contribution in [0.4, 0.5) is 4.39 Å². The number of nitrogens with zero attached hydrogens (tertiary/aromatic N) is 4. The quantitative estimate of drug-likeness (QED) is 0.712. The van der Waals surface area contributed by atoms with Crippen LogP contribution in [0.2, 0.25) is 0 Å². The summed E-state index contributed by atoms with van der Waals surface area (Å²) in [5, 5.41) is 3.36. The van der Waals surface area contributed by atoms with Crippen LogP contribution in [-0.4, -0.2) is 44.6 Å². The number of amides is 1. The van der Waals surface area contributed by atoms with Crippen molar-refractivity contribution in [2.75, 3.05) is 19.6 Å². The van der Waals surface area contributed by atoms with Crippen LogP contribution in [-0.2, 0) is 7.05 Å². The lowest BCUT2D eigenvalue weighted by Gasteiger charge is -2.35. The number of halogens is 2. The number of piperazine rings is 1. The molecule has 3 heterocycles. The van der Waals surface area contributed by atoms with Crippen molar-refractivity contribution in [3.63, 3.8) is 0 Å². The summed E-state index contributed by atoms with van der Waals surface area (Å²) in [6.45, 7) is 5.94. The Balaban J connectivity index is 0.00000240. The van der Waals surface area contributed by atoms with E-state index in [4.69, 9.17) is 0 Å². The lowest BCUT2D eigenvalue weighted by molar-refractivity contribution is 0.0620. The Morgan fingerprint density at radius 3 is 2.62 bits per heavy atom. The molecule has 6 nitrogen and oxygen atoms in total. The molecule has 1 fully saturated rings. The van der Waals surface area contributed by atoms with E-state index in [-0.39, 0.29) is 30.2 Å². The maximum atomic E-state index is 13.5. The van der Waals surface area contributed by atoms with Gasteiger partial charge in [0.05, 0.1) is 5.56 Å². The topological polar surface area (TPSA) is 55.1 Å². The minimum atomic E-state index is -0.277. The fourth-order valence-corrected chi connectivity index (χ4v) is 4.00. The zero-order valence-corrected chi connectivity index (χ0v) is 17.5. The molecule has 8 heteroatoms. The van der Waals surface area contributed by atoms with Gasteiger partial charge in [-0.05, 0) is 44.2 Å². The number of hydrogen-bond acceptors (Lipinski definition) is 3. The maximum absolute atomic E-state index is 13.5. The number of hydrogen-bond donors (Lipinski definition) is 1. The molecular formula is C21H25ClFN5O. The molecule has 1 unspecified atom stereocenters. The van der Waals surface area contributed by atoms with Crippen molar-refractivity contribution in [1.29, 1.82) is 0 Å². The summed E-state index contributed by atoms with van der Waals surface area (Å²) in [6, 6.07) is 8.12. The molecule has 2 aromatic heterocycles. The molecule has 29 heavy (non-hydrogen) atoms. The first-order valence-electron chi connectivity index (χ1n) is 9.41. The van der Waals surface area contributed by atoms with E-state index in [1.54, 1.807) is 18.3 Å². The first-order chi connectivity index (χ1) is 13.5. The highest BCUT2D eigenvalue weighted by molar-refractivity contribution is 5.96. The van der Waals surface area contributed by atoms with E-state index in [0.717, 1.165) is 29.4 Å². The smallest absolute Gasteiger partial charge is 0.256 e. The standard InChI is InChI=1S/C21H24FN5O.ClH/c1-14-12-18(15(2)27(14)17-6-4-16(22)5-7-17)21(28)26-11-8-23-13-19(26)20-24-9-10-25(20)3;/h4-7,9-10,12,19,23H,8,11,13H2,1-3H3;1H. The van der Waals surface area contributed by atoms with Crippen LogP contribution in [0.5, 0.6) is 0 Å². The minimum Gasteiger partial charge on any atom is -0.336 e. The number of aromatic nitrogens is 3. The summed E-state index contributed by atoms with van der Waals surface area (Å²) < 4.78 is 17.3. The van der Waals surface area contributed by atoms with Crippen molar-refractivity contribution in [1.82, 2.24) is 24.3 Å². The second-order valence-corrected chi connectivity index (χ2v) is 7.21. The van der Waals surface area contributed by atoms with Gasteiger partial charge in [0.25, 0.3) is 5.91 Å². The molecule has 0 bridgehead atoms. The predicted molar refractivity (Wildman–Crippen MR) is 112 cm³/mol. The Bertz CT molecular complexity index is 1010. The normalized spacial score (nSPS) is 16.6. The lowest BCUT2D eigenvalue weighted by atomic mass is 10.1. The van der Waals surface area contributed by atoms with Gasteiger partial charge in [0.1, 0.15) is 17.7 Å². The van der Waals surface area contributed by atoms with Crippen LogP contribution in [0, 0.1) is 19.7 Å². The molecule has 4 rings (SSSR count). The summed E-state index contributed by atoms with van der Waals surface area (Å²) in [5.41, 5.74) is 3.31. The zero-order chi connectivity index (χ0) is 19.8. The Morgan fingerprint density at radius 2 is 1.97 bits per heavy atom. The second-order valence-electron chi connectivity index (χ2n) is 7.21. The molecule has 3 aromatic rings.